The van der Waals surface area contributed by atoms with Gasteiger partial charge in [-0.2, -0.15) is 0 Å². The highest BCUT2D eigenvalue weighted by atomic mass is 16.5. The molecule has 1 atom stereocenters. The van der Waals surface area contributed by atoms with Crippen molar-refractivity contribution in [3.05, 3.63) is 35.5 Å². The monoisotopic (exact) mass is 300 g/mol. The van der Waals surface area contributed by atoms with Gasteiger partial charge in [-0.15, -0.1) is 5.10 Å². The van der Waals surface area contributed by atoms with Crippen LogP contribution in [0.1, 0.15) is 37.4 Å². The van der Waals surface area contributed by atoms with Crippen molar-refractivity contribution in [3.8, 4) is 5.75 Å². The Morgan fingerprint density at radius 3 is 2.82 bits per heavy atom. The number of carbonyl (C=O) groups is 1. The zero-order valence-electron chi connectivity index (χ0n) is 13.3. The summed E-state index contributed by atoms with van der Waals surface area (Å²) in [5.41, 5.74) is 1.36. The first kappa shape index (κ1) is 14.6. The van der Waals surface area contributed by atoms with Crippen molar-refractivity contribution in [2.45, 2.75) is 38.7 Å². The second-order valence-corrected chi connectivity index (χ2v) is 6.29. The molecule has 1 amide bonds. The van der Waals surface area contributed by atoms with E-state index in [1.807, 2.05) is 45.0 Å². The molecule has 1 aromatic heterocycles. The third kappa shape index (κ3) is 2.56. The Morgan fingerprint density at radius 2 is 2.14 bits per heavy atom. The van der Waals surface area contributed by atoms with Crippen LogP contribution < -0.4 is 10.1 Å². The molecule has 3 rings (SSSR count). The summed E-state index contributed by atoms with van der Waals surface area (Å²) in [7, 11) is 1.80. The summed E-state index contributed by atoms with van der Waals surface area (Å²) in [6.07, 6.45) is 0.620. The molecule has 2 heterocycles. The maximum atomic E-state index is 12.7. The zero-order valence-corrected chi connectivity index (χ0v) is 13.3. The van der Waals surface area contributed by atoms with E-state index in [1.54, 1.807) is 11.7 Å². The molecule has 116 valence electrons. The van der Waals surface area contributed by atoms with Crippen LogP contribution in [0.2, 0.25) is 0 Å². The Hall–Kier alpha value is -2.37. The lowest BCUT2D eigenvalue weighted by molar-refractivity contribution is -0.119. The minimum Gasteiger partial charge on any atom is -0.488 e. The fraction of sp³-hybridized carbons (Fsp3) is 0.438. The van der Waals surface area contributed by atoms with Gasteiger partial charge in [-0.3, -0.25) is 9.48 Å². The number of benzene rings is 1. The fourth-order valence-corrected chi connectivity index (χ4v) is 2.76. The molecule has 1 N–H and O–H groups in total. The fourth-order valence-electron chi connectivity index (χ4n) is 2.76. The maximum absolute atomic E-state index is 12.7. The van der Waals surface area contributed by atoms with Crippen molar-refractivity contribution < 1.29 is 9.53 Å². The van der Waals surface area contributed by atoms with E-state index in [-0.39, 0.29) is 17.4 Å². The molecular weight excluding hydrogens is 280 g/mol. The van der Waals surface area contributed by atoms with E-state index >= 15 is 0 Å². The molecule has 0 aliphatic carbocycles. The van der Waals surface area contributed by atoms with Crippen molar-refractivity contribution in [3.63, 3.8) is 0 Å². The number of carbonyl (C=O) groups excluding carboxylic acids is 1. The molecule has 6 heteroatoms. The average Bonchev–Trinajstić information content (AvgIpc) is 2.77. The molecule has 1 unspecified atom stereocenters. The first-order chi connectivity index (χ1) is 10.4. The normalized spacial score (nSPS) is 19.2. The third-order valence-corrected chi connectivity index (χ3v) is 4.04. The SMILES string of the molecule is Cc1c(NC(=O)C2CC(C)(C)Oc3ccccc32)nnn1C. The van der Waals surface area contributed by atoms with Gasteiger partial charge < -0.3 is 10.1 Å². The molecule has 0 bridgehead atoms. The lowest BCUT2D eigenvalue weighted by Crippen LogP contribution is -2.38. The number of hydrogen-bond acceptors (Lipinski definition) is 4. The van der Waals surface area contributed by atoms with Gasteiger partial charge in [-0.25, -0.2) is 0 Å². The van der Waals surface area contributed by atoms with Gasteiger partial charge in [-0.1, -0.05) is 23.4 Å². The molecule has 22 heavy (non-hydrogen) atoms. The number of para-hydroxylation sites is 1. The molecular formula is C16H20N4O2. The van der Waals surface area contributed by atoms with Gasteiger partial charge >= 0.3 is 0 Å². The molecule has 0 radical (unpaired) electrons. The van der Waals surface area contributed by atoms with Gasteiger partial charge in [0.05, 0.1) is 11.6 Å². The Morgan fingerprint density at radius 1 is 1.41 bits per heavy atom. The molecule has 1 aromatic carbocycles. The lowest BCUT2D eigenvalue weighted by Gasteiger charge is -2.36. The quantitative estimate of drug-likeness (QED) is 0.924. The number of anilines is 1. The highest BCUT2D eigenvalue weighted by molar-refractivity contribution is 5.96. The average molecular weight is 300 g/mol. The first-order valence-electron chi connectivity index (χ1n) is 7.32. The predicted octanol–water partition coefficient (Wildman–Crippen LogP) is 2.41. The minimum absolute atomic E-state index is 0.0765. The molecule has 0 saturated heterocycles. The standard InChI is InChI=1S/C16H20N4O2/c1-10-14(18-19-20(10)4)17-15(21)12-9-16(2,3)22-13-8-6-5-7-11(12)13/h5-8,12H,9H2,1-4H3,(H,17,21). The summed E-state index contributed by atoms with van der Waals surface area (Å²) in [5.74, 6) is 0.942. The van der Waals surface area contributed by atoms with E-state index < -0.39 is 0 Å². The Labute approximate surface area is 129 Å². The Bertz CT molecular complexity index is 721. The summed E-state index contributed by atoms with van der Waals surface area (Å²) in [5, 5.41) is 10.8. The van der Waals surface area contributed by atoms with E-state index in [0.717, 1.165) is 17.0 Å². The highest BCUT2D eigenvalue weighted by Crippen LogP contribution is 2.41. The number of hydrogen-bond donors (Lipinski definition) is 1. The number of aryl methyl sites for hydroxylation is 1. The first-order valence-corrected chi connectivity index (χ1v) is 7.32. The van der Waals surface area contributed by atoms with Gasteiger partial charge in [0.2, 0.25) is 5.91 Å². The third-order valence-electron chi connectivity index (χ3n) is 4.04. The van der Waals surface area contributed by atoms with E-state index in [2.05, 4.69) is 15.6 Å². The predicted molar refractivity (Wildman–Crippen MR) is 82.9 cm³/mol. The van der Waals surface area contributed by atoms with E-state index in [9.17, 15) is 4.79 Å². The lowest BCUT2D eigenvalue weighted by atomic mass is 9.84. The summed E-state index contributed by atoms with van der Waals surface area (Å²) >= 11 is 0. The molecule has 0 spiro atoms. The van der Waals surface area contributed by atoms with E-state index in [1.165, 1.54) is 0 Å². The Balaban J connectivity index is 1.90. The number of amides is 1. The molecule has 2 aromatic rings. The Kier molecular flexibility index (Phi) is 3.39. The molecule has 0 fully saturated rings. The number of nitrogens with zero attached hydrogens (tertiary/aromatic N) is 3. The maximum Gasteiger partial charge on any atom is 0.233 e. The van der Waals surface area contributed by atoms with Crippen molar-refractivity contribution in [1.29, 1.82) is 0 Å². The highest BCUT2D eigenvalue weighted by Gasteiger charge is 2.37. The number of nitrogens with one attached hydrogen (secondary N) is 1. The molecule has 1 aliphatic rings. The number of fused-ring (bicyclic) bond motifs is 1. The van der Waals surface area contributed by atoms with Gasteiger partial charge in [0, 0.05) is 19.0 Å². The summed E-state index contributed by atoms with van der Waals surface area (Å²) in [4.78, 5) is 12.7. The van der Waals surface area contributed by atoms with Gasteiger partial charge in [0.1, 0.15) is 11.4 Å². The molecule has 1 aliphatic heterocycles. The summed E-state index contributed by atoms with van der Waals surface area (Å²) in [6.45, 7) is 5.87. The van der Waals surface area contributed by atoms with Crippen LogP contribution >= 0.6 is 0 Å². The summed E-state index contributed by atoms with van der Waals surface area (Å²) < 4.78 is 7.60. The van der Waals surface area contributed by atoms with Crippen LogP contribution in [0.3, 0.4) is 0 Å². The van der Waals surface area contributed by atoms with Crippen molar-refractivity contribution >= 4 is 11.7 Å². The van der Waals surface area contributed by atoms with E-state index in [0.29, 0.717) is 12.2 Å². The van der Waals surface area contributed by atoms with Gasteiger partial charge in [0.15, 0.2) is 5.82 Å². The van der Waals surface area contributed by atoms with Crippen molar-refractivity contribution in [1.82, 2.24) is 15.0 Å². The smallest absolute Gasteiger partial charge is 0.233 e. The van der Waals surface area contributed by atoms with Crippen LogP contribution in [0.5, 0.6) is 5.75 Å². The number of aromatic nitrogens is 3. The second kappa shape index (κ2) is 5.12. The van der Waals surface area contributed by atoms with Crippen LogP contribution in [0.15, 0.2) is 24.3 Å². The van der Waals surface area contributed by atoms with Crippen LogP contribution in [0, 0.1) is 6.92 Å². The van der Waals surface area contributed by atoms with Crippen LogP contribution in [-0.4, -0.2) is 26.5 Å². The summed E-state index contributed by atoms with van der Waals surface area (Å²) in [6, 6.07) is 7.69. The number of ether oxygens (including phenoxy) is 1. The molecule has 6 nitrogen and oxygen atoms in total. The van der Waals surface area contributed by atoms with Crippen LogP contribution in [0.25, 0.3) is 0 Å². The van der Waals surface area contributed by atoms with Crippen LogP contribution in [0.4, 0.5) is 5.82 Å². The van der Waals surface area contributed by atoms with E-state index in [4.69, 9.17) is 4.74 Å². The van der Waals surface area contributed by atoms with Gasteiger partial charge in [-0.05, 0) is 26.8 Å². The topological polar surface area (TPSA) is 69.0 Å². The molecule has 0 saturated carbocycles. The van der Waals surface area contributed by atoms with Crippen LogP contribution in [-0.2, 0) is 11.8 Å². The van der Waals surface area contributed by atoms with Crippen molar-refractivity contribution in [2.75, 3.05) is 5.32 Å². The van der Waals surface area contributed by atoms with Gasteiger partial charge in [0.25, 0.3) is 0 Å². The minimum atomic E-state index is -0.381. The second-order valence-electron chi connectivity index (χ2n) is 6.29. The largest absolute Gasteiger partial charge is 0.488 e. The number of rotatable bonds is 2. The van der Waals surface area contributed by atoms with Crippen molar-refractivity contribution in [2.24, 2.45) is 7.05 Å². The zero-order chi connectivity index (χ0) is 15.9.